The summed E-state index contributed by atoms with van der Waals surface area (Å²) in [5.74, 6) is 0.305. The van der Waals surface area contributed by atoms with Crippen LogP contribution in [0.2, 0.25) is 0 Å². The van der Waals surface area contributed by atoms with Crippen LogP contribution in [0.4, 0.5) is 0 Å². The molecule has 0 unspecified atom stereocenters. The fraction of sp³-hybridized carbons (Fsp3) is 0.583. The maximum absolute atomic E-state index is 11.9. The average Bonchev–Trinajstić information content (AvgIpc) is 2.83. The molecule has 1 N–H and O–H groups in total. The number of nitrogens with one attached hydrogen (secondary N) is 1. The topological polar surface area (TPSA) is 64.1 Å². The van der Waals surface area contributed by atoms with E-state index in [0.717, 1.165) is 12.8 Å². The van der Waals surface area contributed by atoms with E-state index in [9.17, 15) is 4.79 Å². The maximum atomic E-state index is 11.9. The quantitative estimate of drug-likeness (QED) is 0.860. The Morgan fingerprint density at radius 1 is 1.47 bits per heavy atom. The Balaban J connectivity index is 1.99. The predicted octanol–water partition coefficient (Wildman–Crippen LogP) is 1.55. The van der Waals surface area contributed by atoms with Gasteiger partial charge in [-0.25, -0.2) is 9.97 Å². The number of nitrogens with zero attached hydrogens (tertiary/aromatic N) is 2. The van der Waals surface area contributed by atoms with Gasteiger partial charge in [-0.2, -0.15) is 0 Å². The van der Waals surface area contributed by atoms with Gasteiger partial charge < -0.3 is 10.1 Å². The van der Waals surface area contributed by atoms with Gasteiger partial charge >= 0.3 is 0 Å². The van der Waals surface area contributed by atoms with E-state index in [1.807, 2.05) is 6.92 Å². The molecule has 1 aromatic rings. The summed E-state index contributed by atoms with van der Waals surface area (Å²) in [6, 6.07) is 1.88. The van der Waals surface area contributed by atoms with E-state index in [1.54, 1.807) is 6.07 Å². The fourth-order valence-corrected chi connectivity index (χ4v) is 2.02. The summed E-state index contributed by atoms with van der Waals surface area (Å²) in [6.07, 6.45) is 5.87. The third kappa shape index (κ3) is 3.15. The molecular formula is C12H17N3O2. The van der Waals surface area contributed by atoms with Crippen LogP contribution < -0.4 is 10.1 Å². The number of ether oxygens (including phenoxy) is 1. The van der Waals surface area contributed by atoms with E-state index in [4.69, 9.17) is 4.74 Å². The van der Waals surface area contributed by atoms with Crippen molar-refractivity contribution in [3.63, 3.8) is 0 Å². The molecule has 0 radical (unpaired) electrons. The highest BCUT2D eigenvalue weighted by molar-refractivity contribution is 5.92. The van der Waals surface area contributed by atoms with Gasteiger partial charge in [-0.05, 0) is 19.8 Å². The molecule has 5 heteroatoms. The molecule has 1 saturated carbocycles. The molecule has 1 aliphatic rings. The summed E-state index contributed by atoms with van der Waals surface area (Å²) >= 11 is 0. The van der Waals surface area contributed by atoms with E-state index in [1.165, 1.54) is 19.2 Å². The van der Waals surface area contributed by atoms with E-state index in [0.29, 0.717) is 24.2 Å². The highest BCUT2D eigenvalue weighted by atomic mass is 16.5. The summed E-state index contributed by atoms with van der Waals surface area (Å²) in [5, 5.41) is 2.98. The van der Waals surface area contributed by atoms with Gasteiger partial charge in [0.05, 0.1) is 6.61 Å². The second kappa shape index (κ2) is 5.61. The van der Waals surface area contributed by atoms with E-state index in [-0.39, 0.29) is 5.91 Å². The molecule has 5 nitrogen and oxygen atoms in total. The number of amides is 1. The Hall–Kier alpha value is -1.65. The standard InChI is InChI=1S/C12H17N3O2/c1-2-17-11-7-10(13-8-14-11)12(16)15-9-5-3-4-6-9/h7-9H,2-6H2,1H3,(H,15,16). The third-order valence-electron chi connectivity index (χ3n) is 2.86. The monoisotopic (exact) mass is 235 g/mol. The highest BCUT2D eigenvalue weighted by Crippen LogP contribution is 2.18. The summed E-state index contributed by atoms with van der Waals surface area (Å²) in [4.78, 5) is 19.8. The van der Waals surface area contributed by atoms with Gasteiger partial charge in [-0.15, -0.1) is 0 Å². The Morgan fingerprint density at radius 3 is 2.94 bits per heavy atom. The molecule has 0 bridgehead atoms. The van der Waals surface area contributed by atoms with Crippen molar-refractivity contribution < 1.29 is 9.53 Å². The molecule has 0 aliphatic heterocycles. The SMILES string of the molecule is CCOc1cc(C(=O)NC2CCCC2)ncn1. The van der Waals surface area contributed by atoms with Crippen molar-refractivity contribution in [2.45, 2.75) is 38.6 Å². The summed E-state index contributed by atoms with van der Waals surface area (Å²) in [5.41, 5.74) is 0.371. The highest BCUT2D eigenvalue weighted by Gasteiger charge is 2.18. The van der Waals surface area contributed by atoms with Crippen molar-refractivity contribution in [1.29, 1.82) is 0 Å². The van der Waals surface area contributed by atoms with Gasteiger partial charge in [-0.3, -0.25) is 4.79 Å². The number of rotatable bonds is 4. The van der Waals surface area contributed by atoms with Crippen molar-refractivity contribution in [3.8, 4) is 5.88 Å². The molecule has 92 valence electrons. The van der Waals surface area contributed by atoms with Crippen molar-refractivity contribution in [3.05, 3.63) is 18.1 Å². The lowest BCUT2D eigenvalue weighted by molar-refractivity contribution is 0.0932. The average molecular weight is 235 g/mol. The van der Waals surface area contributed by atoms with Crippen LogP contribution in [0.1, 0.15) is 43.1 Å². The summed E-state index contributed by atoms with van der Waals surface area (Å²) in [7, 11) is 0. The largest absolute Gasteiger partial charge is 0.478 e. The predicted molar refractivity (Wildman–Crippen MR) is 62.9 cm³/mol. The third-order valence-corrected chi connectivity index (χ3v) is 2.86. The molecule has 0 aromatic carbocycles. The molecule has 17 heavy (non-hydrogen) atoms. The minimum atomic E-state index is -0.139. The molecule has 1 fully saturated rings. The summed E-state index contributed by atoms with van der Waals surface area (Å²) in [6.45, 7) is 2.40. The van der Waals surface area contributed by atoms with Gasteiger partial charge in [0.25, 0.3) is 5.91 Å². The van der Waals surface area contributed by atoms with E-state index in [2.05, 4.69) is 15.3 Å². The van der Waals surface area contributed by atoms with Crippen molar-refractivity contribution >= 4 is 5.91 Å². The van der Waals surface area contributed by atoms with Crippen LogP contribution in [0.5, 0.6) is 5.88 Å². The minimum absolute atomic E-state index is 0.139. The molecule has 1 aliphatic carbocycles. The van der Waals surface area contributed by atoms with Gasteiger partial charge in [-0.1, -0.05) is 12.8 Å². The lowest BCUT2D eigenvalue weighted by atomic mass is 10.2. The van der Waals surface area contributed by atoms with Gasteiger partial charge in [0.1, 0.15) is 12.0 Å². The Labute approximate surface area is 101 Å². The zero-order chi connectivity index (χ0) is 12.1. The Morgan fingerprint density at radius 2 is 2.24 bits per heavy atom. The molecule has 2 rings (SSSR count). The van der Waals surface area contributed by atoms with Crippen LogP contribution >= 0.6 is 0 Å². The molecule has 1 heterocycles. The smallest absolute Gasteiger partial charge is 0.270 e. The van der Waals surface area contributed by atoms with Gasteiger partial charge in [0.15, 0.2) is 0 Å². The van der Waals surface area contributed by atoms with Crippen molar-refractivity contribution in [1.82, 2.24) is 15.3 Å². The zero-order valence-corrected chi connectivity index (χ0v) is 9.98. The lowest BCUT2D eigenvalue weighted by Crippen LogP contribution is -2.33. The lowest BCUT2D eigenvalue weighted by Gasteiger charge is -2.11. The Bertz CT molecular complexity index is 389. The van der Waals surface area contributed by atoms with Crippen LogP contribution in [-0.2, 0) is 0 Å². The molecular weight excluding hydrogens is 218 g/mol. The zero-order valence-electron chi connectivity index (χ0n) is 9.98. The number of carbonyl (C=O) groups excluding carboxylic acids is 1. The van der Waals surface area contributed by atoms with E-state index < -0.39 is 0 Å². The second-order valence-electron chi connectivity index (χ2n) is 4.13. The van der Waals surface area contributed by atoms with Crippen LogP contribution in [0.25, 0.3) is 0 Å². The molecule has 0 spiro atoms. The molecule has 0 saturated heterocycles. The van der Waals surface area contributed by atoms with Crippen molar-refractivity contribution in [2.75, 3.05) is 6.61 Å². The number of hydrogen-bond acceptors (Lipinski definition) is 4. The minimum Gasteiger partial charge on any atom is -0.478 e. The first kappa shape index (κ1) is 11.8. The molecule has 0 atom stereocenters. The van der Waals surface area contributed by atoms with Crippen molar-refractivity contribution in [2.24, 2.45) is 0 Å². The second-order valence-corrected chi connectivity index (χ2v) is 4.13. The normalized spacial score (nSPS) is 15.8. The summed E-state index contributed by atoms with van der Waals surface area (Å²) < 4.78 is 5.24. The first-order valence-electron chi connectivity index (χ1n) is 6.05. The first-order valence-corrected chi connectivity index (χ1v) is 6.05. The Kier molecular flexibility index (Phi) is 3.90. The van der Waals surface area contributed by atoms with Crippen LogP contribution in [0, 0.1) is 0 Å². The number of hydrogen-bond donors (Lipinski definition) is 1. The number of carbonyl (C=O) groups is 1. The van der Waals surface area contributed by atoms with Crippen LogP contribution in [0.15, 0.2) is 12.4 Å². The van der Waals surface area contributed by atoms with Crippen LogP contribution in [-0.4, -0.2) is 28.5 Å². The van der Waals surface area contributed by atoms with Crippen LogP contribution in [0.3, 0.4) is 0 Å². The molecule has 1 aromatic heterocycles. The number of aromatic nitrogens is 2. The molecule has 1 amide bonds. The van der Waals surface area contributed by atoms with Gasteiger partial charge in [0, 0.05) is 12.1 Å². The van der Waals surface area contributed by atoms with Gasteiger partial charge in [0.2, 0.25) is 5.88 Å². The maximum Gasteiger partial charge on any atom is 0.270 e. The fourth-order valence-electron chi connectivity index (χ4n) is 2.02. The first-order chi connectivity index (χ1) is 8.29. The van der Waals surface area contributed by atoms with E-state index >= 15 is 0 Å².